The van der Waals surface area contributed by atoms with Crippen molar-refractivity contribution in [3.8, 4) is 0 Å². The third-order valence-electron chi connectivity index (χ3n) is 5.55. The first kappa shape index (κ1) is 14.9. The molecule has 2 fully saturated rings. The summed E-state index contributed by atoms with van der Waals surface area (Å²) in [7, 11) is 0. The molecule has 2 N–H and O–H groups in total. The van der Waals surface area contributed by atoms with E-state index < -0.39 is 0 Å². The van der Waals surface area contributed by atoms with E-state index in [0.29, 0.717) is 0 Å². The molecule has 3 heteroatoms. The Morgan fingerprint density at radius 3 is 2.14 bits per heavy atom. The highest BCUT2D eigenvalue weighted by Gasteiger charge is 2.32. The summed E-state index contributed by atoms with van der Waals surface area (Å²) in [5.41, 5.74) is 1.40. The van der Waals surface area contributed by atoms with Crippen molar-refractivity contribution in [2.24, 2.45) is 0 Å². The number of hydrogen-bond donors (Lipinski definition) is 2. The van der Waals surface area contributed by atoms with E-state index in [1.54, 1.807) is 0 Å². The molecule has 2 aliphatic rings. The Hall–Kier alpha value is -1.06. The van der Waals surface area contributed by atoms with E-state index in [0.717, 1.165) is 12.1 Å². The van der Waals surface area contributed by atoms with E-state index in [1.807, 2.05) is 9.80 Å². The van der Waals surface area contributed by atoms with Gasteiger partial charge in [0, 0.05) is 18.5 Å². The second-order valence-electron chi connectivity index (χ2n) is 7.07. The summed E-state index contributed by atoms with van der Waals surface area (Å²) in [4.78, 5) is 6.23. The van der Waals surface area contributed by atoms with Crippen molar-refractivity contribution in [3.63, 3.8) is 0 Å². The molecule has 0 saturated carbocycles. The molecule has 0 aromatic heterocycles. The molecule has 2 heterocycles. The van der Waals surface area contributed by atoms with Gasteiger partial charge < -0.3 is 14.7 Å². The number of para-hydroxylation sites is 1. The van der Waals surface area contributed by atoms with E-state index in [-0.39, 0.29) is 0 Å². The number of hydrogen-bond acceptors (Lipinski definition) is 1. The predicted octanol–water partition coefficient (Wildman–Crippen LogP) is -0.153. The molecule has 0 atom stereocenters. The van der Waals surface area contributed by atoms with Crippen molar-refractivity contribution in [3.05, 3.63) is 30.3 Å². The maximum Gasteiger partial charge on any atom is 0.0984 e. The van der Waals surface area contributed by atoms with Gasteiger partial charge in [0.15, 0.2) is 0 Å². The molecule has 0 spiro atoms. The molecule has 116 valence electrons. The van der Waals surface area contributed by atoms with Crippen molar-refractivity contribution in [1.29, 1.82) is 0 Å². The molecule has 1 aromatic rings. The van der Waals surface area contributed by atoms with Crippen LogP contribution in [0.1, 0.15) is 26.7 Å². The second kappa shape index (κ2) is 6.80. The smallest absolute Gasteiger partial charge is 0.0984 e. The van der Waals surface area contributed by atoms with Crippen molar-refractivity contribution >= 4 is 5.69 Å². The highest BCUT2D eigenvalue weighted by molar-refractivity contribution is 5.46. The van der Waals surface area contributed by atoms with Crippen LogP contribution in [0.15, 0.2) is 30.3 Å². The molecule has 0 unspecified atom stereocenters. The van der Waals surface area contributed by atoms with Crippen LogP contribution in [-0.2, 0) is 0 Å². The number of piperazine rings is 1. The predicted molar refractivity (Wildman–Crippen MR) is 88.2 cm³/mol. The zero-order chi connectivity index (χ0) is 14.7. The lowest BCUT2D eigenvalue weighted by atomic mass is 10.0. The molecule has 2 aliphatic heterocycles. The standard InChI is InChI=1S/C18H29N3/c1-16(2)19-10-8-18(9-11-19)21-14-12-20(13-15-21)17-6-4-3-5-7-17/h3-7,16,18H,8-15H2,1-2H3/p+2. The normalized spacial score (nSPS) is 28.0. The van der Waals surface area contributed by atoms with Crippen LogP contribution in [0.25, 0.3) is 0 Å². The molecule has 0 radical (unpaired) electrons. The molecule has 3 rings (SSSR count). The van der Waals surface area contributed by atoms with E-state index in [2.05, 4.69) is 49.1 Å². The quantitative estimate of drug-likeness (QED) is 0.789. The second-order valence-corrected chi connectivity index (χ2v) is 7.07. The molecule has 0 amide bonds. The summed E-state index contributed by atoms with van der Waals surface area (Å²) in [6, 6.07) is 12.6. The highest BCUT2D eigenvalue weighted by Crippen LogP contribution is 2.12. The van der Waals surface area contributed by atoms with Gasteiger partial charge in [0.1, 0.15) is 0 Å². The Morgan fingerprint density at radius 1 is 0.952 bits per heavy atom. The molecule has 2 saturated heterocycles. The van der Waals surface area contributed by atoms with Gasteiger partial charge in [0.2, 0.25) is 0 Å². The van der Waals surface area contributed by atoms with Crippen LogP contribution < -0.4 is 14.7 Å². The fraction of sp³-hybridized carbons (Fsp3) is 0.667. The van der Waals surface area contributed by atoms with Crippen molar-refractivity contribution < 1.29 is 9.80 Å². The molecule has 0 aliphatic carbocycles. The minimum atomic E-state index is 0.802. The van der Waals surface area contributed by atoms with Gasteiger partial charge in [-0.3, -0.25) is 0 Å². The largest absolute Gasteiger partial charge is 0.360 e. The first-order chi connectivity index (χ1) is 10.2. The Balaban J connectivity index is 1.48. The van der Waals surface area contributed by atoms with Gasteiger partial charge in [-0.2, -0.15) is 0 Å². The van der Waals surface area contributed by atoms with E-state index in [9.17, 15) is 0 Å². The minimum Gasteiger partial charge on any atom is -0.360 e. The topological polar surface area (TPSA) is 12.1 Å². The van der Waals surface area contributed by atoms with Gasteiger partial charge in [-0.15, -0.1) is 0 Å². The zero-order valence-corrected chi connectivity index (χ0v) is 13.6. The van der Waals surface area contributed by atoms with E-state index in [1.165, 1.54) is 57.8 Å². The van der Waals surface area contributed by atoms with Gasteiger partial charge in [-0.25, -0.2) is 0 Å². The first-order valence-corrected chi connectivity index (χ1v) is 8.73. The number of nitrogens with one attached hydrogen (secondary N) is 2. The van der Waals surface area contributed by atoms with Crippen LogP contribution >= 0.6 is 0 Å². The van der Waals surface area contributed by atoms with Gasteiger partial charge in [-0.05, 0) is 26.0 Å². The number of rotatable bonds is 3. The Morgan fingerprint density at radius 2 is 1.57 bits per heavy atom. The van der Waals surface area contributed by atoms with E-state index >= 15 is 0 Å². The molecule has 0 bridgehead atoms. The van der Waals surface area contributed by atoms with Crippen LogP contribution in [-0.4, -0.2) is 51.4 Å². The molecule has 1 aromatic carbocycles. The third kappa shape index (κ3) is 3.58. The molecule has 3 nitrogen and oxygen atoms in total. The third-order valence-corrected chi connectivity index (χ3v) is 5.55. The van der Waals surface area contributed by atoms with Gasteiger partial charge in [-0.1, -0.05) is 18.2 Å². The summed E-state index contributed by atoms with van der Waals surface area (Å²) in [6.07, 6.45) is 2.85. The summed E-state index contributed by atoms with van der Waals surface area (Å²) < 4.78 is 0. The zero-order valence-electron chi connectivity index (χ0n) is 13.6. The number of benzene rings is 1. The van der Waals surface area contributed by atoms with Gasteiger partial charge in [0.25, 0.3) is 0 Å². The van der Waals surface area contributed by atoms with Crippen molar-refractivity contribution in [1.82, 2.24) is 0 Å². The number of piperidine rings is 1. The number of likely N-dealkylation sites (tertiary alicyclic amines) is 1. The number of nitrogens with zero attached hydrogens (tertiary/aromatic N) is 1. The summed E-state index contributed by atoms with van der Waals surface area (Å²) in [6.45, 7) is 12.6. The lowest BCUT2D eigenvalue weighted by molar-refractivity contribution is -0.966. The van der Waals surface area contributed by atoms with Gasteiger partial charge in [0.05, 0.1) is 51.4 Å². The van der Waals surface area contributed by atoms with Crippen LogP contribution in [0.5, 0.6) is 0 Å². The summed E-state index contributed by atoms with van der Waals surface area (Å²) in [5, 5.41) is 0. The van der Waals surface area contributed by atoms with E-state index in [4.69, 9.17) is 0 Å². The minimum absolute atomic E-state index is 0.802. The lowest BCUT2D eigenvalue weighted by Crippen LogP contribution is -3.23. The maximum atomic E-state index is 2.55. The Labute approximate surface area is 129 Å². The monoisotopic (exact) mass is 289 g/mol. The highest BCUT2D eigenvalue weighted by atomic mass is 15.3. The lowest BCUT2D eigenvalue weighted by Gasteiger charge is -2.40. The first-order valence-electron chi connectivity index (χ1n) is 8.73. The van der Waals surface area contributed by atoms with Crippen LogP contribution in [0, 0.1) is 0 Å². The van der Waals surface area contributed by atoms with Crippen LogP contribution in [0.3, 0.4) is 0 Å². The Bertz CT molecular complexity index is 415. The van der Waals surface area contributed by atoms with Crippen molar-refractivity contribution in [2.75, 3.05) is 44.2 Å². The van der Waals surface area contributed by atoms with Crippen LogP contribution in [0.2, 0.25) is 0 Å². The molecular formula is C18H31N3+2. The maximum absolute atomic E-state index is 2.55. The number of anilines is 1. The molecular weight excluding hydrogens is 258 g/mol. The summed E-state index contributed by atoms with van der Waals surface area (Å²) >= 11 is 0. The van der Waals surface area contributed by atoms with Crippen molar-refractivity contribution in [2.45, 2.75) is 38.8 Å². The fourth-order valence-electron chi connectivity index (χ4n) is 4.07. The van der Waals surface area contributed by atoms with Crippen LogP contribution in [0.4, 0.5) is 5.69 Å². The SMILES string of the molecule is CC(C)[NH+]1CCC([NH+]2CCN(c3ccccc3)CC2)CC1. The Kier molecular flexibility index (Phi) is 4.81. The van der Waals surface area contributed by atoms with Gasteiger partial charge >= 0.3 is 0 Å². The fourth-order valence-corrected chi connectivity index (χ4v) is 4.07. The average molecular weight is 289 g/mol. The summed E-state index contributed by atoms with van der Waals surface area (Å²) in [5.74, 6) is 0. The number of quaternary nitrogens is 2. The average Bonchev–Trinajstić information content (AvgIpc) is 2.56. The molecule has 21 heavy (non-hydrogen) atoms.